The number of fused-ring (bicyclic) bond motifs is 2. The standard InChI is InChI=1S/C22H22N4O7S/c1-32-16-5-3-13-12-26(21(28)17(13)11-16)8-7-23-22(29)24-20(27)19-10-14-9-15(25-34(2,30)31)4-6-18(14)33-19/h3-6,9-11,25H,7-8,12H2,1-2H3,(H2,23,24,27,29). The van der Waals surface area contributed by atoms with Gasteiger partial charge in [-0.3, -0.25) is 19.6 Å². The van der Waals surface area contributed by atoms with E-state index >= 15 is 0 Å². The highest BCUT2D eigenvalue weighted by atomic mass is 32.2. The minimum atomic E-state index is -3.45. The van der Waals surface area contributed by atoms with Crippen LogP contribution in [-0.2, 0) is 16.6 Å². The maximum Gasteiger partial charge on any atom is 0.321 e. The largest absolute Gasteiger partial charge is 0.497 e. The van der Waals surface area contributed by atoms with Crippen LogP contribution >= 0.6 is 0 Å². The van der Waals surface area contributed by atoms with E-state index in [-0.39, 0.29) is 24.8 Å². The second kappa shape index (κ2) is 9.06. The summed E-state index contributed by atoms with van der Waals surface area (Å²) in [5.41, 5.74) is 2.12. The number of benzene rings is 2. The fourth-order valence-electron chi connectivity index (χ4n) is 3.59. The van der Waals surface area contributed by atoms with E-state index in [1.165, 1.54) is 31.4 Å². The molecule has 0 fully saturated rings. The fraction of sp³-hybridized carbons (Fsp3) is 0.227. The Balaban J connectivity index is 1.30. The average molecular weight is 487 g/mol. The van der Waals surface area contributed by atoms with Gasteiger partial charge in [0.15, 0.2) is 5.76 Å². The third kappa shape index (κ3) is 5.12. The first-order chi connectivity index (χ1) is 16.1. The first kappa shape index (κ1) is 23.1. The van der Waals surface area contributed by atoms with E-state index in [1.54, 1.807) is 17.0 Å². The number of hydrogen-bond donors (Lipinski definition) is 3. The molecule has 0 bridgehead atoms. The van der Waals surface area contributed by atoms with E-state index in [0.29, 0.717) is 34.5 Å². The van der Waals surface area contributed by atoms with E-state index in [0.717, 1.165) is 11.8 Å². The number of methoxy groups -OCH3 is 1. The highest BCUT2D eigenvalue weighted by Crippen LogP contribution is 2.26. The van der Waals surface area contributed by atoms with Gasteiger partial charge in [0.2, 0.25) is 10.0 Å². The number of ether oxygens (including phenoxy) is 1. The molecule has 0 saturated heterocycles. The third-order valence-electron chi connectivity index (χ3n) is 5.13. The summed E-state index contributed by atoms with van der Waals surface area (Å²) in [4.78, 5) is 38.6. The lowest BCUT2D eigenvalue weighted by Gasteiger charge is -2.15. The van der Waals surface area contributed by atoms with Gasteiger partial charge >= 0.3 is 6.03 Å². The molecule has 178 valence electrons. The smallest absolute Gasteiger partial charge is 0.321 e. The summed E-state index contributed by atoms with van der Waals surface area (Å²) in [6, 6.07) is 10.5. The molecule has 1 aromatic heterocycles. The molecular formula is C22H22N4O7S. The number of carbonyl (C=O) groups is 3. The molecule has 0 spiro atoms. The molecule has 3 N–H and O–H groups in total. The summed E-state index contributed by atoms with van der Waals surface area (Å²) in [5.74, 6) is -0.429. The van der Waals surface area contributed by atoms with Gasteiger partial charge in [-0.1, -0.05) is 6.07 Å². The van der Waals surface area contributed by atoms with E-state index in [1.807, 2.05) is 6.07 Å². The first-order valence-electron chi connectivity index (χ1n) is 10.2. The third-order valence-corrected chi connectivity index (χ3v) is 5.74. The SMILES string of the molecule is COc1ccc2c(c1)C(=O)N(CCNC(=O)NC(=O)c1cc3cc(NS(C)(=O)=O)ccc3o1)C2. The Morgan fingerprint density at radius 1 is 1.15 bits per heavy atom. The van der Waals surface area contributed by atoms with Crippen LogP contribution in [-0.4, -0.2) is 57.6 Å². The lowest BCUT2D eigenvalue weighted by atomic mass is 10.1. The van der Waals surface area contributed by atoms with E-state index in [4.69, 9.17) is 9.15 Å². The maximum atomic E-state index is 12.5. The predicted octanol–water partition coefficient (Wildman–Crippen LogP) is 1.91. The zero-order valence-electron chi connectivity index (χ0n) is 18.4. The number of imide groups is 1. The number of furan rings is 1. The summed E-state index contributed by atoms with van der Waals surface area (Å²) in [7, 11) is -1.92. The monoisotopic (exact) mass is 486 g/mol. The van der Waals surface area contributed by atoms with Crippen molar-refractivity contribution >= 4 is 44.5 Å². The number of carbonyl (C=O) groups excluding carboxylic acids is 3. The fourth-order valence-corrected chi connectivity index (χ4v) is 4.15. The molecule has 1 aliphatic heterocycles. The Kier molecular flexibility index (Phi) is 6.16. The molecule has 0 atom stereocenters. The zero-order valence-corrected chi connectivity index (χ0v) is 19.2. The molecule has 4 amide bonds. The molecule has 0 aliphatic carbocycles. The Labute approximate surface area is 195 Å². The van der Waals surface area contributed by atoms with E-state index < -0.39 is 22.0 Å². The minimum absolute atomic E-state index is 0.110. The maximum absolute atomic E-state index is 12.5. The van der Waals surface area contributed by atoms with Crippen LogP contribution in [0, 0.1) is 0 Å². The highest BCUT2D eigenvalue weighted by molar-refractivity contribution is 7.92. The van der Waals surface area contributed by atoms with Crippen molar-refractivity contribution in [1.82, 2.24) is 15.5 Å². The van der Waals surface area contributed by atoms with Crippen molar-refractivity contribution in [2.45, 2.75) is 6.54 Å². The number of urea groups is 1. The van der Waals surface area contributed by atoms with Crippen LogP contribution in [0.15, 0.2) is 46.9 Å². The van der Waals surface area contributed by atoms with Gasteiger partial charge < -0.3 is 19.4 Å². The predicted molar refractivity (Wildman–Crippen MR) is 123 cm³/mol. The van der Waals surface area contributed by atoms with Crippen LogP contribution in [0.3, 0.4) is 0 Å². The molecule has 2 heterocycles. The van der Waals surface area contributed by atoms with Gasteiger partial charge in [0.1, 0.15) is 11.3 Å². The van der Waals surface area contributed by atoms with Crippen LogP contribution in [0.5, 0.6) is 5.75 Å². The van der Waals surface area contributed by atoms with Crippen molar-refractivity contribution < 1.29 is 32.0 Å². The number of hydrogen-bond acceptors (Lipinski definition) is 7. The number of nitrogens with one attached hydrogen (secondary N) is 3. The second-order valence-electron chi connectivity index (χ2n) is 7.70. The summed E-state index contributed by atoms with van der Waals surface area (Å²) in [6.07, 6.45) is 1.03. The Hall–Kier alpha value is -4.06. The number of sulfonamides is 1. The topological polar surface area (TPSA) is 147 Å². The lowest BCUT2D eigenvalue weighted by Crippen LogP contribution is -2.42. The molecule has 0 saturated carbocycles. The molecule has 0 radical (unpaired) electrons. The summed E-state index contributed by atoms with van der Waals surface area (Å²) >= 11 is 0. The summed E-state index contributed by atoms with van der Waals surface area (Å²) in [5, 5.41) is 5.19. The van der Waals surface area contributed by atoms with Crippen molar-refractivity contribution in [2.24, 2.45) is 0 Å². The summed E-state index contributed by atoms with van der Waals surface area (Å²) in [6.45, 7) is 0.824. The number of amides is 4. The van der Waals surface area contributed by atoms with E-state index in [9.17, 15) is 22.8 Å². The highest BCUT2D eigenvalue weighted by Gasteiger charge is 2.27. The molecule has 12 heteroatoms. The minimum Gasteiger partial charge on any atom is -0.497 e. The van der Waals surface area contributed by atoms with E-state index in [2.05, 4.69) is 15.4 Å². The van der Waals surface area contributed by atoms with Gasteiger partial charge in [0.05, 0.1) is 13.4 Å². The van der Waals surface area contributed by atoms with Crippen molar-refractivity contribution in [1.29, 1.82) is 0 Å². The normalized spacial score (nSPS) is 13.0. The lowest BCUT2D eigenvalue weighted by molar-refractivity contribution is 0.0778. The van der Waals surface area contributed by atoms with Gasteiger partial charge in [0, 0.05) is 36.3 Å². The van der Waals surface area contributed by atoms with Crippen LogP contribution in [0.25, 0.3) is 11.0 Å². The van der Waals surface area contributed by atoms with Gasteiger partial charge in [0.25, 0.3) is 11.8 Å². The molecule has 4 rings (SSSR count). The van der Waals surface area contributed by atoms with Gasteiger partial charge in [-0.25, -0.2) is 13.2 Å². The molecule has 1 aliphatic rings. The number of anilines is 1. The Morgan fingerprint density at radius 2 is 1.94 bits per heavy atom. The molecule has 3 aromatic rings. The molecule has 11 nitrogen and oxygen atoms in total. The molecule has 2 aromatic carbocycles. The van der Waals surface area contributed by atoms with Crippen molar-refractivity contribution in [3.63, 3.8) is 0 Å². The van der Waals surface area contributed by atoms with Crippen LogP contribution in [0.4, 0.5) is 10.5 Å². The average Bonchev–Trinajstić information content (AvgIpc) is 3.33. The molecule has 0 unspecified atom stereocenters. The first-order valence-corrected chi connectivity index (χ1v) is 12.1. The number of rotatable bonds is 7. The van der Waals surface area contributed by atoms with Crippen molar-refractivity contribution in [2.75, 3.05) is 31.2 Å². The Bertz CT molecular complexity index is 1400. The van der Waals surface area contributed by atoms with Gasteiger partial charge in [-0.15, -0.1) is 0 Å². The zero-order chi connectivity index (χ0) is 24.5. The Morgan fingerprint density at radius 3 is 2.68 bits per heavy atom. The quantitative estimate of drug-likeness (QED) is 0.462. The van der Waals surface area contributed by atoms with Crippen LogP contribution in [0.1, 0.15) is 26.5 Å². The summed E-state index contributed by atoms with van der Waals surface area (Å²) < 4.78 is 35.7. The number of nitrogens with zero attached hydrogens (tertiary/aromatic N) is 1. The molecule has 34 heavy (non-hydrogen) atoms. The van der Waals surface area contributed by atoms with Gasteiger partial charge in [-0.2, -0.15) is 0 Å². The second-order valence-corrected chi connectivity index (χ2v) is 9.45. The van der Waals surface area contributed by atoms with Crippen LogP contribution in [0.2, 0.25) is 0 Å². The van der Waals surface area contributed by atoms with Crippen LogP contribution < -0.4 is 20.1 Å². The van der Waals surface area contributed by atoms with Gasteiger partial charge in [-0.05, 0) is 42.0 Å². The molecular weight excluding hydrogens is 464 g/mol. The van der Waals surface area contributed by atoms with Crippen molar-refractivity contribution in [3.05, 3.63) is 59.4 Å². The van der Waals surface area contributed by atoms with Crippen molar-refractivity contribution in [3.8, 4) is 5.75 Å².